The predicted octanol–water partition coefficient (Wildman–Crippen LogP) is 2.74. The molecular formula is C16H21N3O2Se. The third-order valence-corrected chi connectivity index (χ3v) is 3.62. The molecule has 1 aromatic carbocycles. The van der Waals surface area contributed by atoms with Crippen molar-refractivity contribution in [1.29, 1.82) is 0 Å². The quantitative estimate of drug-likeness (QED) is 0.782. The first-order valence-electron chi connectivity index (χ1n) is 7.24. The molecule has 0 saturated carbocycles. The molecule has 0 N–H and O–H groups in total. The first kappa shape index (κ1) is 16.7. The second kappa shape index (κ2) is 7.07. The fraction of sp³-hybridized carbons (Fsp3) is 0.438. The molecule has 0 fully saturated rings. The first-order valence-corrected chi connectivity index (χ1v) is 8.10. The summed E-state index contributed by atoms with van der Waals surface area (Å²) in [4.78, 5) is 9.10. The van der Waals surface area contributed by atoms with E-state index in [1.807, 2.05) is 42.7 Å². The van der Waals surface area contributed by atoms with Gasteiger partial charge in [-0.1, -0.05) is 0 Å². The van der Waals surface area contributed by atoms with E-state index in [2.05, 4.69) is 39.4 Å². The van der Waals surface area contributed by atoms with Crippen LogP contribution in [0.15, 0.2) is 33.7 Å². The van der Waals surface area contributed by atoms with Crippen molar-refractivity contribution in [3.05, 3.63) is 34.3 Å². The molecule has 1 heterocycles. The van der Waals surface area contributed by atoms with Crippen molar-refractivity contribution in [2.24, 2.45) is 4.99 Å². The van der Waals surface area contributed by atoms with Gasteiger partial charge in [0.25, 0.3) is 0 Å². The molecule has 0 aliphatic rings. The molecule has 0 bridgehead atoms. The number of hydrogen-bond acceptors (Lipinski definition) is 4. The standard InChI is InChI=1S/C16H21N3O2Se/c1-10(2)17-15-19(11(3)4)16(22)18-14(21-15)12-6-8-13(20-5)9-7-12/h6-11H,1-5H3. The number of rotatable bonds is 4. The van der Waals surface area contributed by atoms with Gasteiger partial charge in [0.05, 0.1) is 0 Å². The maximum absolute atomic E-state index is 5.95. The van der Waals surface area contributed by atoms with Crippen LogP contribution < -0.4 is 10.4 Å². The van der Waals surface area contributed by atoms with Crippen LogP contribution in [0.1, 0.15) is 33.7 Å². The fourth-order valence-electron chi connectivity index (χ4n) is 1.99. The Kier molecular flexibility index (Phi) is 5.37. The van der Waals surface area contributed by atoms with E-state index in [0.717, 1.165) is 15.6 Å². The van der Waals surface area contributed by atoms with Gasteiger partial charge in [-0.3, -0.25) is 0 Å². The summed E-state index contributed by atoms with van der Waals surface area (Å²) in [5.41, 5.74) is 1.45. The van der Waals surface area contributed by atoms with Crippen LogP contribution in [-0.2, 0) is 0 Å². The van der Waals surface area contributed by atoms with Gasteiger partial charge in [0, 0.05) is 0 Å². The number of ether oxygens (including phenoxy) is 1. The molecule has 5 nitrogen and oxygen atoms in total. The summed E-state index contributed by atoms with van der Waals surface area (Å²) in [6.07, 6.45) is 0. The van der Waals surface area contributed by atoms with Gasteiger partial charge in [-0.05, 0) is 0 Å². The first-order chi connectivity index (χ1) is 10.4. The average molecular weight is 366 g/mol. The zero-order valence-electron chi connectivity index (χ0n) is 13.5. The number of benzene rings is 1. The third kappa shape index (κ3) is 3.76. The van der Waals surface area contributed by atoms with Gasteiger partial charge < -0.3 is 0 Å². The number of aromatic nitrogens is 2. The fourth-order valence-corrected chi connectivity index (χ4v) is 2.77. The van der Waals surface area contributed by atoms with E-state index in [0.29, 0.717) is 11.6 Å². The Morgan fingerprint density at radius 1 is 1.18 bits per heavy atom. The second-order valence-electron chi connectivity index (χ2n) is 5.50. The van der Waals surface area contributed by atoms with Crippen LogP contribution in [0.2, 0.25) is 0 Å². The summed E-state index contributed by atoms with van der Waals surface area (Å²) in [5.74, 6) is 1.33. The molecule has 2 rings (SSSR count). The van der Waals surface area contributed by atoms with Crippen LogP contribution in [0.3, 0.4) is 0 Å². The molecular weight excluding hydrogens is 345 g/mol. The minimum absolute atomic E-state index is 0.138. The molecule has 2 aromatic rings. The number of methoxy groups -OCH3 is 1. The Hall–Kier alpha value is -1.65. The van der Waals surface area contributed by atoms with E-state index < -0.39 is 0 Å². The normalized spacial score (nSPS) is 12.2. The van der Waals surface area contributed by atoms with Crippen LogP contribution in [-0.4, -0.2) is 38.3 Å². The summed E-state index contributed by atoms with van der Waals surface area (Å²) < 4.78 is 13.8. The molecule has 0 saturated heterocycles. The number of hydrogen-bond donors (Lipinski definition) is 0. The zero-order chi connectivity index (χ0) is 16.3. The molecule has 0 aliphatic carbocycles. The zero-order valence-corrected chi connectivity index (χ0v) is 15.2. The summed E-state index contributed by atoms with van der Waals surface area (Å²) in [7, 11) is 1.64. The van der Waals surface area contributed by atoms with Crippen LogP contribution >= 0.6 is 0 Å². The van der Waals surface area contributed by atoms with E-state index in [4.69, 9.17) is 9.15 Å². The van der Waals surface area contributed by atoms with Gasteiger partial charge in [0.15, 0.2) is 0 Å². The SMILES string of the molecule is COc1ccc(-c2nc(=[Se])n(C(C)C)c(=NC(C)C)o2)cc1. The minimum atomic E-state index is 0.138. The molecule has 0 unspecified atom stereocenters. The van der Waals surface area contributed by atoms with Crippen molar-refractivity contribution < 1.29 is 9.15 Å². The van der Waals surface area contributed by atoms with Crippen molar-refractivity contribution in [2.75, 3.05) is 7.11 Å². The topological polar surface area (TPSA) is 52.5 Å². The summed E-state index contributed by atoms with van der Waals surface area (Å²) >= 11 is 3.01. The van der Waals surface area contributed by atoms with Crippen molar-refractivity contribution in [2.45, 2.75) is 39.8 Å². The second-order valence-corrected chi connectivity index (χ2v) is 6.27. The van der Waals surface area contributed by atoms with E-state index in [-0.39, 0.29) is 12.1 Å². The summed E-state index contributed by atoms with van der Waals surface area (Å²) in [6.45, 7) is 8.19. The van der Waals surface area contributed by atoms with Crippen molar-refractivity contribution in [3.8, 4) is 17.2 Å². The molecule has 0 aliphatic heterocycles. The average Bonchev–Trinajstić information content (AvgIpc) is 2.45. The van der Waals surface area contributed by atoms with Gasteiger partial charge in [-0.25, -0.2) is 0 Å². The molecule has 0 radical (unpaired) electrons. The van der Waals surface area contributed by atoms with Crippen molar-refractivity contribution >= 4 is 15.6 Å². The predicted molar refractivity (Wildman–Crippen MR) is 86.6 cm³/mol. The molecule has 6 heteroatoms. The van der Waals surface area contributed by atoms with E-state index in [1.165, 1.54) is 0 Å². The Labute approximate surface area is 138 Å². The van der Waals surface area contributed by atoms with Crippen molar-refractivity contribution in [3.63, 3.8) is 0 Å². The van der Waals surface area contributed by atoms with Gasteiger partial charge in [0.2, 0.25) is 0 Å². The Bertz CT molecular complexity index is 758. The molecule has 0 spiro atoms. The van der Waals surface area contributed by atoms with Gasteiger partial charge in [0.1, 0.15) is 0 Å². The van der Waals surface area contributed by atoms with Gasteiger partial charge >= 0.3 is 138 Å². The maximum atomic E-state index is 5.95. The molecule has 22 heavy (non-hydrogen) atoms. The Morgan fingerprint density at radius 2 is 1.82 bits per heavy atom. The molecule has 0 amide bonds. The van der Waals surface area contributed by atoms with Crippen LogP contribution in [0.5, 0.6) is 5.75 Å². The third-order valence-electron chi connectivity index (χ3n) is 3.02. The number of nitrogens with zero attached hydrogens (tertiary/aromatic N) is 3. The monoisotopic (exact) mass is 367 g/mol. The van der Waals surface area contributed by atoms with E-state index in [1.54, 1.807) is 7.11 Å². The summed E-state index contributed by atoms with van der Waals surface area (Å²) in [6, 6.07) is 7.95. The van der Waals surface area contributed by atoms with Crippen LogP contribution in [0.25, 0.3) is 11.5 Å². The van der Waals surface area contributed by atoms with E-state index >= 15 is 0 Å². The van der Waals surface area contributed by atoms with Gasteiger partial charge in [-0.2, -0.15) is 0 Å². The van der Waals surface area contributed by atoms with Crippen molar-refractivity contribution in [1.82, 2.24) is 9.55 Å². The summed E-state index contributed by atoms with van der Waals surface area (Å²) in [5, 5.41) is 0. The van der Waals surface area contributed by atoms with Crippen LogP contribution in [0.4, 0.5) is 0 Å². The molecule has 1 aromatic heterocycles. The Balaban J connectivity index is 2.63. The van der Waals surface area contributed by atoms with E-state index in [9.17, 15) is 0 Å². The molecule has 0 atom stereocenters. The van der Waals surface area contributed by atoms with Crippen LogP contribution in [0, 0.1) is 4.32 Å². The molecule has 118 valence electrons. The Morgan fingerprint density at radius 3 is 2.32 bits per heavy atom. The van der Waals surface area contributed by atoms with Gasteiger partial charge in [-0.15, -0.1) is 0 Å².